The van der Waals surface area contributed by atoms with Crippen molar-refractivity contribution in [1.82, 2.24) is 10.2 Å². The van der Waals surface area contributed by atoms with Crippen molar-refractivity contribution in [2.75, 3.05) is 13.1 Å². The highest BCUT2D eigenvalue weighted by atomic mass is 35.5. The Hall–Kier alpha value is -1.55. The quantitative estimate of drug-likeness (QED) is 0.930. The second kappa shape index (κ2) is 6.94. The molecule has 1 saturated heterocycles. The van der Waals surface area contributed by atoms with Crippen molar-refractivity contribution in [3.05, 3.63) is 34.9 Å². The minimum Gasteiger partial charge on any atom is -0.341 e. The van der Waals surface area contributed by atoms with Gasteiger partial charge in [-0.2, -0.15) is 0 Å². The number of nitrogens with one attached hydrogen (secondary N) is 1. The van der Waals surface area contributed by atoms with Crippen LogP contribution in [0, 0.1) is 5.92 Å². The van der Waals surface area contributed by atoms with Crippen LogP contribution in [0.1, 0.15) is 37.0 Å². The van der Waals surface area contributed by atoms with E-state index in [2.05, 4.69) is 5.32 Å². The van der Waals surface area contributed by atoms with Gasteiger partial charge >= 0.3 is 0 Å². The van der Waals surface area contributed by atoms with Crippen molar-refractivity contribution in [1.29, 1.82) is 0 Å². The van der Waals surface area contributed by atoms with Crippen LogP contribution in [0.25, 0.3) is 0 Å². The molecule has 0 aliphatic carbocycles. The van der Waals surface area contributed by atoms with Crippen molar-refractivity contribution in [2.24, 2.45) is 5.92 Å². The first-order chi connectivity index (χ1) is 10.0. The maximum absolute atomic E-state index is 12.5. The van der Waals surface area contributed by atoms with E-state index in [9.17, 15) is 9.59 Å². The molecule has 1 aliphatic heterocycles. The average Bonchev–Trinajstić information content (AvgIpc) is 2.98. The summed E-state index contributed by atoms with van der Waals surface area (Å²) in [6.45, 7) is 5.44. The van der Waals surface area contributed by atoms with E-state index in [1.807, 2.05) is 18.7 Å². The number of likely N-dealkylation sites (tertiary alicyclic amines) is 1. The van der Waals surface area contributed by atoms with Gasteiger partial charge in [-0.3, -0.25) is 9.59 Å². The second-order valence-electron chi connectivity index (χ2n) is 5.71. The van der Waals surface area contributed by atoms with E-state index in [4.69, 9.17) is 11.6 Å². The molecule has 114 valence electrons. The fourth-order valence-electron chi connectivity index (χ4n) is 2.51. The molecule has 21 heavy (non-hydrogen) atoms. The number of benzene rings is 1. The SMILES string of the molecule is CC(C)C(NC(=O)c1ccccc1Cl)C(=O)N1CCCC1. The molecule has 0 spiro atoms. The maximum atomic E-state index is 12.5. The van der Waals surface area contributed by atoms with Gasteiger partial charge in [0.2, 0.25) is 5.91 Å². The van der Waals surface area contributed by atoms with E-state index < -0.39 is 6.04 Å². The summed E-state index contributed by atoms with van der Waals surface area (Å²) >= 11 is 6.03. The molecule has 1 unspecified atom stereocenters. The molecule has 0 radical (unpaired) electrons. The van der Waals surface area contributed by atoms with Gasteiger partial charge in [0.05, 0.1) is 10.6 Å². The molecule has 1 aromatic rings. The smallest absolute Gasteiger partial charge is 0.253 e. The molecule has 1 aromatic carbocycles. The van der Waals surface area contributed by atoms with Crippen molar-refractivity contribution in [3.63, 3.8) is 0 Å². The molecule has 1 N–H and O–H groups in total. The van der Waals surface area contributed by atoms with Crippen LogP contribution in [0.4, 0.5) is 0 Å². The highest BCUT2D eigenvalue weighted by Crippen LogP contribution is 2.17. The van der Waals surface area contributed by atoms with Crippen LogP contribution in [0.2, 0.25) is 5.02 Å². The third-order valence-electron chi connectivity index (χ3n) is 3.76. The zero-order valence-corrected chi connectivity index (χ0v) is 13.2. The highest BCUT2D eigenvalue weighted by molar-refractivity contribution is 6.33. The van der Waals surface area contributed by atoms with Crippen molar-refractivity contribution in [3.8, 4) is 0 Å². The Morgan fingerprint density at radius 1 is 1.19 bits per heavy atom. The number of hydrogen-bond acceptors (Lipinski definition) is 2. The molecule has 2 amide bonds. The normalized spacial score (nSPS) is 16.1. The number of rotatable bonds is 4. The van der Waals surface area contributed by atoms with E-state index in [1.54, 1.807) is 24.3 Å². The summed E-state index contributed by atoms with van der Waals surface area (Å²) in [4.78, 5) is 26.7. The van der Waals surface area contributed by atoms with Gasteiger partial charge in [0, 0.05) is 13.1 Å². The molecule has 0 saturated carbocycles. The Morgan fingerprint density at radius 3 is 2.38 bits per heavy atom. The van der Waals surface area contributed by atoms with Crippen LogP contribution in [0.15, 0.2) is 24.3 Å². The molecular formula is C16H21ClN2O2. The summed E-state index contributed by atoms with van der Waals surface area (Å²) in [6.07, 6.45) is 2.07. The lowest BCUT2D eigenvalue weighted by Crippen LogP contribution is -2.50. The van der Waals surface area contributed by atoms with E-state index in [0.29, 0.717) is 10.6 Å². The van der Waals surface area contributed by atoms with Gasteiger partial charge < -0.3 is 10.2 Å². The first-order valence-corrected chi connectivity index (χ1v) is 7.72. The lowest BCUT2D eigenvalue weighted by atomic mass is 10.0. The lowest BCUT2D eigenvalue weighted by molar-refractivity contribution is -0.133. The molecule has 5 heteroatoms. The van der Waals surface area contributed by atoms with E-state index >= 15 is 0 Å². The van der Waals surface area contributed by atoms with Gasteiger partial charge in [-0.15, -0.1) is 0 Å². The average molecular weight is 309 g/mol. The molecule has 0 aromatic heterocycles. The standard InChI is InChI=1S/C16H21ClN2O2/c1-11(2)14(16(21)19-9-5-6-10-19)18-15(20)12-7-3-4-8-13(12)17/h3-4,7-8,11,14H,5-6,9-10H2,1-2H3,(H,18,20). The number of carbonyl (C=O) groups excluding carboxylic acids is 2. The Morgan fingerprint density at radius 2 is 1.81 bits per heavy atom. The zero-order valence-electron chi connectivity index (χ0n) is 12.4. The molecular weight excluding hydrogens is 288 g/mol. The van der Waals surface area contributed by atoms with Crippen LogP contribution >= 0.6 is 11.6 Å². The lowest BCUT2D eigenvalue weighted by Gasteiger charge is -2.26. The second-order valence-corrected chi connectivity index (χ2v) is 6.11. The summed E-state index contributed by atoms with van der Waals surface area (Å²) in [5, 5.41) is 3.23. The zero-order chi connectivity index (χ0) is 15.4. The fourth-order valence-corrected chi connectivity index (χ4v) is 2.73. The van der Waals surface area contributed by atoms with Gasteiger partial charge in [0.15, 0.2) is 0 Å². The molecule has 0 bridgehead atoms. The van der Waals surface area contributed by atoms with Gasteiger partial charge in [0.1, 0.15) is 6.04 Å². The third kappa shape index (κ3) is 3.76. The maximum Gasteiger partial charge on any atom is 0.253 e. The van der Waals surface area contributed by atoms with Gasteiger partial charge in [0.25, 0.3) is 5.91 Å². The molecule has 1 atom stereocenters. The van der Waals surface area contributed by atoms with Gasteiger partial charge in [-0.1, -0.05) is 37.6 Å². The molecule has 1 aliphatic rings. The molecule has 1 fully saturated rings. The van der Waals surface area contributed by atoms with E-state index in [0.717, 1.165) is 25.9 Å². The first-order valence-electron chi connectivity index (χ1n) is 7.35. The topological polar surface area (TPSA) is 49.4 Å². The Bertz CT molecular complexity index is 525. The van der Waals surface area contributed by atoms with Crippen LogP contribution < -0.4 is 5.32 Å². The predicted molar refractivity (Wildman–Crippen MR) is 83.4 cm³/mol. The summed E-state index contributed by atoms with van der Waals surface area (Å²) in [5.74, 6) is -0.265. The summed E-state index contributed by atoms with van der Waals surface area (Å²) < 4.78 is 0. The largest absolute Gasteiger partial charge is 0.341 e. The minimum atomic E-state index is -0.508. The van der Waals surface area contributed by atoms with Gasteiger partial charge in [-0.05, 0) is 30.9 Å². The van der Waals surface area contributed by atoms with Crippen LogP contribution in [-0.2, 0) is 4.79 Å². The number of carbonyl (C=O) groups is 2. The Labute approximate surface area is 130 Å². The predicted octanol–water partition coefficient (Wildman–Crippen LogP) is 2.72. The first kappa shape index (κ1) is 15.8. The number of hydrogen-bond donors (Lipinski definition) is 1. The number of halogens is 1. The summed E-state index contributed by atoms with van der Waals surface area (Å²) in [5.41, 5.74) is 0.402. The van der Waals surface area contributed by atoms with Gasteiger partial charge in [-0.25, -0.2) is 0 Å². The fraction of sp³-hybridized carbons (Fsp3) is 0.500. The highest BCUT2D eigenvalue weighted by Gasteiger charge is 2.30. The monoisotopic (exact) mass is 308 g/mol. The molecule has 2 rings (SSSR count). The van der Waals surface area contributed by atoms with Crippen LogP contribution in [0.5, 0.6) is 0 Å². The summed E-state index contributed by atoms with van der Waals surface area (Å²) in [7, 11) is 0. The van der Waals surface area contributed by atoms with Crippen molar-refractivity contribution < 1.29 is 9.59 Å². The van der Waals surface area contributed by atoms with Crippen molar-refractivity contribution in [2.45, 2.75) is 32.7 Å². The molecule has 4 nitrogen and oxygen atoms in total. The van der Waals surface area contributed by atoms with Crippen LogP contribution in [-0.4, -0.2) is 35.8 Å². The molecule has 1 heterocycles. The third-order valence-corrected chi connectivity index (χ3v) is 4.09. The Balaban J connectivity index is 2.11. The number of nitrogens with zero attached hydrogens (tertiary/aromatic N) is 1. The summed E-state index contributed by atoms with van der Waals surface area (Å²) in [6, 6.07) is 6.35. The number of amides is 2. The van der Waals surface area contributed by atoms with E-state index in [1.165, 1.54) is 0 Å². The van der Waals surface area contributed by atoms with E-state index in [-0.39, 0.29) is 17.7 Å². The van der Waals surface area contributed by atoms with Crippen LogP contribution in [0.3, 0.4) is 0 Å². The Kier molecular flexibility index (Phi) is 5.23. The van der Waals surface area contributed by atoms with Crippen molar-refractivity contribution >= 4 is 23.4 Å². The minimum absolute atomic E-state index is 0.00269.